The molecule has 0 aliphatic carbocycles. The minimum atomic E-state index is -1.17. The first kappa shape index (κ1) is 21.0. The first-order valence-electron chi connectivity index (χ1n) is 8.76. The highest BCUT2D eigenvalue weighted by Gasteiger charge is 2.54. The quantitative estimate of drug-likeness (QED) is 0.279. The lowest BCUT2D eigenvalue weighted by atomic mass is 10.0. The summed E-state index contributed by atoms with van der Waals surface area (Å²) in [7, 11) is 1.69. The largest absolute Gasteiger partial charge is 0.477 e. The predicted octanol–water partition coefficient (Wildman–Crippen LogP) is -1.15. The molecule has 3 atom stereocenters. The number of nitrogens with two attached hydrogens (primary N) is 1. The van der Waals surface area contributed by atoms with Crippen molar-refractivity contribution in [3.05, 3.63) is 22.4 Å². The highest BCUT2D eigenvalue weighted by atomic mass is 32.2. The lowest BCUT2D eigenvalue weighted by molar-refractivity contribution is -0.150. The lowest BCUT2D eigenvalue weighted by Crippen LogP contribution is -2.70. The summed E-state index contributed by atoms with van der Waals surface area (Å²) in [5.41, 5.74) is 6.69. The number of hydrogen-bond acceptors (Lipinski definition) is 11. The molecule has 0 spiro atoms. The topological polar surface area (TPSA) is 168 Å². The lowest BCUT2D eigenvalue weighted by Gasteiger charge is -2.49. The summed E-state index contributed by atoms with van der Waals surface area (Å²) in [4.78, 5) is 38.1. The van der Waals surface area contributed by atoms with E-state index in [4.69, 9.17) is 5.73 Å². The number of thioether (sulfide) groups is 3. The second-order valence-corrected chi connectivity index (χ2v) is 9.67. The van der Waals surface area contributed by atoms with Crippen molar-refractivity contribution in [1.29, 1.82) is 0 Å². The molecule has 2 amide bonds. The molecular weight excluding hydrogens is 452 g/mol. The monoisotopic (exact) mass is 470 g/mol. The smallest absolute Gasteiger partial charge is 0.352 e. The van der Waals surface area contributed by atoms with E-state index in [9.17, 15) is 19.5 Å². The van der Waals surface area contributed by atoms with E-state index in [1.54, 1.807) is 12.5 Å². The van der Waals surface area contributed by atoms with E-state index < -0.39 is 23.3 Å². The number of carboxylic acid groups (broad SMARTS) is 1. The van der Waals surface area contributed by atoms with E-state index in [1.807, 2.05) is 0 Å². The first-order chi connectivity index (χ1) is 14.3. The Bertz CT molecular complexity index is 963. The Hall–Kier alpha value is -2.23. The Morgan fingerprint density at radius 1 is 1.50 bits per heavy atom. The van der Waals surface area contributed by atoms with Gasteiger partial charge in [-0.05, 0) is 21.4 Å². The molecule has 1 aromatic rings. The molecule has 12 nitrogen and oxygen atoms in total. The van der Waals surface area contributed by atoms with E-state index in [0.717, 1.165) is 0 Å². The molecule has 4 rings (SSSR count). The SMILES string of the molecule is Cn1nnnc1SCC1=C(C(=O)O)N2C(=O)C(NC(=O)CC3=CSC(N)N3)[C@@H]2SC1. The van der Waals surface area contributed by atoms with Crippen molar-refractivity contribution in [2.75, 3.05) is 11.5 Å². The zero-order chi connectivity index (χ0) is 21.4. The molecular formula is C15H18N8O4S3. The Morgan fingerprint density at radius 3 is 2.93 bits per heavy atom. The van der Waals surface area contributed by atoms with Crippen LogP contribution in [-0.2, 0) is 21.4 Å². The third-order valence-electron chi connectivity index (χ3n) is 4.56. The summed E-state index contributed by atoms with van der Waals surface area (Å²) in [6.45, 7) is 0. The van der Waals surface area contributed by atoms with Crippen LogP contribution < -0.4 is 16.4 Å². The van der Waals surface area contributed by atoms with Gasteiger partial charge in [-0.3, -0.25) is 14.5 Å². The van der Waals surface area contributed by atoms with Gasteiger partial charge >= 0.3 is 5.97 Å². The van der Waals surface area contributed by atoms with Crippen LogP contribution in [0.4, 0.5) is 0 Å². The van der Waals surface area contributed by atoms with Gasteiger partial charge in [0.05, 0.1) is 6.42 Å². The Kier molecular flexibility index (Phi) is 5.95. The van der Waals surface area contributed by atoms with E-state index in [0.29, 0.717) is 27.9 Å². The number of rotatable bonds is 7. The molecule has 1 saturated heterocycles. The fraction of sp³-hybridized carbons (Fsp3) is 0.467. The van der Waals surface area contributed by atoms with Crippen LogP contribution in [-0.4, -0.2) is 76.4 Å². The first-order valence-corrected chi connectivity index (χ1v) is 11.7. The third kappa shape index (κ3) is 4.01. The molecule has 0 saturated carbocycles. The van der Waals surface area contributed by atoms with Crippen molar-refractivity contribution in [1.82, 2.24) is 35.7 Å². The number of aliphatic carboxylic acids is 1. The number of tetrazole rings is 1. The van der Waals surface area contributed by atoms with E-state index >= 15 is 0 Å². The number of fused-ring (bicyclic) bond motifs is 1. The summed E-state index contributed by atoms with van der Waals surface area (Å²) in [5.74, 6) is -1.15. The van der Waals surface area contributed by atoms with Crippen molar-refractivity contribution in [2.45, 2.75) is 28.5 Å². The maximum absolute atomic E-state index is 12.7. The number of amides is 2. The van der Waals surface area contributed by atoms with Crippen LogP contribution >= 0.6 is 35.3 Å². The Balaban J connectivity index is 1.41. The Labute approximate surface area is 183 Å². The summed E-state index contributed by atoms with van der Waals surface area (Å²) < 4.78 is 1.49. The standard InChI is InChI=1S/C15H18N8O4S3/c1-22-15(19-20-21-22)30-4-6-3-28-12-9(11(25)23(12)10(6)13(26)27)18-8(24)2-7-5-29-14(16)17-7/h5,9,12,14,17H,2-4,16H2,1H3,(H,18,24)(H,26,27)/t9?,12-,14?/m0/s1. The maximum atomic E-state index is 12.7. The molecule has 1 fully saturated rings. The summed E-state index contributed by atoms with van der Waals surface area (Å²) in [6, 6.07) is -0.752. The van der Waals surface area contributed by atoms with Gasteiger partial charge in [-0.2, -0.15) is 0 Å². The van der Waals surface area contributed by atoms with Crippen LogP contribution in [0.1, 0.15) is 6.42 Å². The van der Waals surface area contributed by atoms with Crippen molar-refractivity contribution >= 4 is 53.1 Å². The molecule has 5 N–H and O–H groups in total. The number of carbonyl (C=O) groups excluding carboxylic acids is 2. The second kappa shape index (κ2) is 8.49. The van der Waals surface area contributed by atoms with E-state index in [2.05, 4.69) is 26.2 Å². The van der Waals surface area contributed by atoms with E-state index in [-0.39, 0.29) is 23.5 Å². The molecule has 4 heterocycles. The van der Waals surface area contributed by atoms with Gasteiger partial charge in [0.15, 0.2) is 0 Å². The average molecular weight is 471 g/mol. The number of aryl methyl sites for hydroxylation is 1. The molecule has 0 radical (unpaired) electrons. The fourth-order valence-electron chi connectivity index (χ4n) is 3.19. The zero-order valence-corrected chi connectivity index (χ0v) is 18.1. The zero-order valence-electron chi connectivity index (χ0n) is 15.6. The highest BCUT2D eigenvalue weighted by molar-refractivity contribution is 8.02. The fourth-order valence-corrected chi connectivity index (χ4v) is 6.20. The van der Waals surface area contributed by atoms with Crippen molar-refractivity contribution < 1.29 is 19.5 Å². The highest BCUT2D eigenvalue weighted by Crippen LogP contribution is 2.41. The van der Waals surface area contributed by atoms with Crippen LogP contribution in [0, 0.1) is 0 Å². The number of carboxylic acids is 1. The van der Waals surface area contributed by atoms with Gasteiger partial charge in [-0.25, -0.2) is 9.48 Å². The minimum Gasteiger partial charge on any atom is -0.477 e. The van der Waals surface area contributed by atoms with E-state index in [1.165, 1.54) is 44.9 Å². The predicted molar refractivity (Wildman–Crippen MR) is 111 cm³/mol. The van der Waals surface area contributed by atoms with Gasteiger partial charge in [0.2, 0.25) is 11.1 Å². The molecule has 15 heteroatoms. The maximum Gasteiger partial charge on any atom is 0.352 e. The summed E-state index contributed by atoms with van der Waals surface area (Å²) in [5, 5.41) is 28.4. The van der Waals surface area contributed by atoms with Gasteiger partial charge in [0.1, 0.15) is 22.6 Å². The van der Waals surface area contributed by atoms with Gasteiger partial charge in [-0.1, -0.05) is 23.5 Å². The molecule has 160 valence electrons. The van der Waals surface area contributed by atoms with Gasteiger partial charge in [-0.15, -0.1) is 16.9 Å². The molecule has 3 aliphatic rings. The summed E-state index contributed by atoms with van der Waals surface area (Å²) in [6.07, 6.45) is 0.0805. The van der Waals surface area contributed by atoms with Crippen molar-refractivity contribution in [3.63, 3.8) is 0 Å². The third-order valence-corrected chi connectivity index (χ3v) is 7.83. The van der Waals surface area contributed by atoms with Gasteiger partial charge in [0, 0.05) is 24.3 Å². The number of β-lactam (4-membered cyclic amide) rings is 1. The van der Waals surface area contributed by atoms with Gasteiger partial charge in [0.25, 0.3) is 5.91 Å². The van der Waals surface area contributed by atoms with Crippen molar-refractivity contribution in [3.8, 4) is 0 Å². The van der Waals surface area contributed by atoms with Crippen LogP contribution in [0.2, 0.25) is 0 Å². The molecule has 0 aromatic carbocycles. The molecule has 2 unspecified atom stereocenters. The number of aromatic nitrogens is 4. The number of nitrogens with zero attached hydrogens (tertiary/aromatic N) is 5. The molecule has 3 aliphatic heterocycles. The van der Waals surface area contributed by atoms with Crippen LogP contribution in [0.3, 0.4) is 0 Å². The second-order valence-electron chi connectivity index (χ2n) is 6.61. The van der Waals surface area contributed by atoms with Crippen LogP contribution in [0.5, 0.6) is 0 Å². The van der Waals surface area contributed by atoms with Crippen LogP contribution in [0.15, 0.2) is 27.5 Å². The molecule has 30 heavy (non-hydrogen) atoms. The van der Waals surface area contributed by atoms with Crippen LogP contribution in [0.25, 0.3) is 0 Å². The number of nitrogens with one attached hydrogen (secondary N) is 2. The Morgan fingerprint density at radius 2 is 2.30 bits per heavy atom. The number of carbonyl (C=O) groups is 3. The normalized spacial score (nSPS) is 25.4. The summed E-state index contributed by atoms with van der Waals surface area (Å²) >= 11 is 4.09. The van der Waals surface area contributed by atoms with Gasteiger partial charge < -0.3 is 21.5 Å². The molecule has 1 aromatic heterocycles. The minimum absolute atomic E-state index is 0.0283. The van der Waals surface area contributed by atoms with Crippen molar-refractivity contribution in [2.24, 2.45) is 12.8 Å². The number of hydrogen-bond donors (Lipinski definition) is 4. The molecule has 0 bridgehead atoms. The average Bonchev–Trinajstić information content (AvgIpc) is 3.31.